The van der Waals surface area contributed by atoms with E-state index in [1.54, 1.807) is 17.4 Å². The summed E-state index contributed by atoms with van der Waals surface area (Å²) in [5.41, 5.74) is 1.51. The molecule has 14 heavy (non-hydrogen) atoms. The van der Waals surface area contributed by atoms with E-state index in [0.717, 1.165) is 10.4 Å². The maximum atomic E-state index is 9.99. The Morgan fingerprint density at radius 2 is 2.21 bits per heavy atom. The quantitative estimate of drug-likeness (QED) is 0.855. The first-order chi connectivity index (χ1) is 6.70. The molecule has 0 saturated carbocycles. The summed E-state index contributed by atoms with van der Waals surface area (Å²) in [4.78, 5) is 1.09. The van der Waals surface area contributed by atoms with Crippen LogP contribution in [0.4, 0.5) is 0 Å². The molecule has 0 aliphatic carbocycles. The van der Waals surface area contributed by atoms with Gasteiger partial charge in [-0.15, -0.1) is 11.3 Å². The Bertz CT molecular complexity index is 393. The lowest BCUT2D eigenvalue weighted by atomic mass is 10.1. The highest BCUT2D eigenvalue weighted by molar-refractivity contribution is 7.10. The predicted octanol–water partition coefficient (Wildman–Crippen LogP) is 3.38. The van der Waals surface area contributed by atoms with Gasteiger partial charge in [0.2, 0.25) is 0 Å². The van der Waals surface area contributed by atoms with Gasteiger partial charge in [0.05, 0.1) is 6.26 Å². The van der Waals surface area contributed by atoms with Crippen molar-refractivity contribution >= 4 is 22.9 Å². The molecule has 2 aromatic heterocycles. The number of hydrogen-bond acceptors (Lipinski definition) is 3. The van der Waals surface area contributed by atoms with E-state index < -0.39 is 6.10 Å². The van der Waals surface area contributed by atoms with E-state index >= 15 is 0 Å². The minimum atomic E-state index is -0.688. The van der Waals surface area contributed by atoms with Gasteiger partial charge in [0.15, 0.2) is 5.22 Å². The first-order valence-electron chi connectivity index (χ1n) is 4.15. The third-order valence-electron chi connectivity index (χ3n) is 2.13. The van der Waals surface area contributed by atoms with E-state index in [2.05, 4.69) is 0 Å². The summed E-state index contributed by atoms with van der Waals surface area (Å²) in [5, 5.41) is 12.2. The van der Waals surface area contributed by atoms with E-state index in [1.165, 1.54) is 6.26 Å². The highest BCUT2D eigenvalue weighted by Gasteiger charge is 2.18. The fourth-order valence-electron chi connectivity index (χ4n) is 1.35. The molecule has 0 amide bonds. The van der Waals surface area contributed by atoms with Gasteiger partial charge < -0.3 is 9.52 Å². The fraction of sp³-hybridized carbons (Fsp3) is 0.200. The zero-order chi connectivity index (χ0) is 10.1. The number of aliphatic hydroxyl groups excluding tert-OH is 1. The van der Waals surface area contributed by atoms with Crippen LogP contribution < -0.4 is 0 Å². The molecule has 0 aliphatic rings. The minimum absolute atomic E-state index is 0.253. The van der Waals surface area contributed by atoms with Gasteiger partial charge in [0.25, 0.3) is 0 Å². The number of furan rings is 1. The van der Waals surface area contributed by atoms with E-state index in [9.17, 15) is 5.11 Å². The summed E-state index contributed by atoms with van der Waals surface area (Å²) in [6, 6.07) is 3.58. The molecule has 0 radical (unpaired) electrons. The Labute approximate surface area is 90.8 Å². The smallest absolute Gasteiger partial charge is 0.199 e. The van der Waals surface area contributed by atoms with Crippen LogP contribution in [0.25, 0.3) is 0 Å². The summed E-state index contributed by atoms with van der Waals surface area (Å²) >= 11 is 7.38. The highest BCUT2D eigenvalue weighted by Crippen LogP contribution is 2.32. The lowest BCUT2D eigenvalue weighted by Gasteiger charge is -2.08. The van der Waals surface area contributed by atoms with Crippen LogP contribution in [-0.4, -0.2) is 5.11 Å². The molecule has 2 nitrogen and oxygen atoms in total. The second-order valence-corrected chi connectivity index (χ2v) is 4.45. The largest absolute Gasteiger partial charge is 0.453 e. The van der Waals surface area contributed by atoms with Gasteiger partial charge in [-0.1, -0.05) is 0 Å². The molecule has 1 N–H and O–H groups in total. The monoisotopic (exact) mass is 228 g/mol. The normalized spacial score (nSPS) is 13.1. The average molecular weight is 229 g/mol. The molecule has 1 unspecified atom stereocenters. The molecule has 0 bridgehead atoms. The third-order valence-corrected chi connectivity index (χ3v) is 3.30. The molecule has 0 aliphatic heterocycles. The fourth-order valence-corrected chi connectivity index (χ4v) is 2.30. The summed E-state index contributed by atoms with van der Waals surface area (Å²) in [7, 11) is 0. The SMILES string of the molecule is Cc1sccc1C(O)c1ccoc1Cl. The second kappa shape index (κ2) is 3.77. The lowest BCUT2D eigenvalue weighted by molar-refractivity contribution is 0.219. The van der Waals surface area contributed by atoms with Crippen LogP contribution in [-0.2, 0) is 0 Å². The van der Waals surface area contributed by atoms with E-state index in [0.29, 0.717) is 5.56 Å². The Kier molecular flexibility index (Phi) is 2.63. The molecular weight excluding hydrogens is 220 g/mol. The Morgan fingerprint density at radius 1 is 1.43 bits per heavy atom. The molecule has 2 aromatic rings. The molecule has 4 heteroatoms. The van der Waals surface area contributed by atoms with Crippen LogP contribution >= 0.6 is 22.9 Å². The molecule has 0 spiro atoms. The summed E-state index contributed by atoms with van der Waals surface area (Å²) in [5.74, 6) is 0. The molecular formula is C10H9ClO2S. The zero-order valence-corrected chi connectivity index (χ0v) is 9.10. The number of aryl methyl sites for hydroxylation is 1. The number of thiophene rings is 1. The Balaban J connectivity index is 2.38. The van der Waals surface area contributed by atoms with Gasteiger partial charge in [-0.25, -0.2) is 0 Å². The van der Waals surface area contributed by atoms with Gasteiger partial charge in [0.1, 0.15) is 6.10 Å². The Hall–Kier alpha value is -0.770. The van der Waals surface area contributed by atoms with Crippen molar-refractivity contribution in [3.63, 3.8) is 0 Å². The van der Waals surface area contributed by atoms with E-state index in [4.69, 9.17) is 16.0 Å². The number of hydrogen-bond donors (Lipinski definition) is 1. The Morgan fingerprint density at radius 3 is 2.71 bits per heavy atom. The standard InChI is InChI=1S/C10H9ClO2S/c1-6-7(3-5-14-6)9(12)8-2-4-13-10(8)11/h2-5,9,12H,1H3. The topological polar surface area (TPSA) is 33.4 Å². The minimum Gasteiger partial charge on any atom is -0.453 e. The molecule has 2 rings (SSSR count). The van der Waals surface area contributed by atoms with Crippen LogP contribution in [0.5, 0.6) is 0 Å². The van der Waals surface area contributed by atoms with Crippen molar-refractivity contribution in [2.45, 2.75) is 13.0 Å². The van der Waals surface area contributed by atoms with Crippen molar-refractivity contribution in [2.24, 2.45) is 0 Å². The van der Waals surface area contributed by atoms with Crippen LogP contribution in [0, 0.1) is 6.92 Å². The highest BCUT2D eigenvalue weighted by atomic mass is 35.5. The summed E-state index contributed by atoms with van der Waals surface area (Å²) in [6.07, 6.45) is 0.787. The maximum absolute atomic E-state index is 9.99. The van der Waals surface area contributed by atoms with Crippen molar-refractivity contribution in [3.8, 4) is 0 Å². The number of halogens is 1. The lowest BCUT2D eigenvalue weighted by Crippen LogP contribution is -1.98. The maximum Gasteiger partial charge on any atom is 0.199 e. The van der Waals surface area contributed by atoms with E-state index in [-0.39, 0.29) is 5.22 Å². The summed E-state index contributed by atoms with van der Waals surface area (Å²) < 4.78 is 4.93. The van der Waals surface area contributed by atoms with Crippen LogP contribution in [0.15, 0.2) is 28.2 Å². The molecule has 0 aromatic carbocycles. The first kappa shape index (κ1) is 9.77. The predicted molar refractivity (Wildman–Crippen MR) is 56.8 cm³/mol. The second-order valence-electron chi connectivity index (χ2n) is 2.98. The number of rotatable bonds is 2. The molecule has 0 saturated heterocycles. The van der Waals surface area contributed by atoms with Gasteiger partial charge in [0, 0.05) is 10.4 Å². The third kappa shape index (κ3) is 1.59. The first-order valence-corrected chi connectivity index (χ1v) is 5.41. The van der Waals surface area contributed by atoms with Crippen LogP contribution in [0.1, 0.15) is 22.1 Å². The van der Waals surface area contributed by atoms with Gasteiger partial charge in [-0.3, -0.25) is 0 Å². The van der Waals surface area contributed by atoms with Crippen molar-refractivity contribution in [2.75, 3.05) is 0 Å². The van der Waals surface area contributed by atoms with Crippen molar-refractivity contribution in [3.05, 3.63) is 45.0 Å². The molecule has 1 atom stereocenters. The summed E-state index contributed by atoms with van der Waals surface area (Å²) in [6.45, 7) is 1.97. The van der Waals surface area contributed by atoms with Gasteiger partial charge >= 0.3 is 0 Å². The van der Waals surface area contributed by atoms with Crippen molar-refractivity contribution in [1.82, 2.24) is 0 Å². The average Bonchev–Trinajstić information content (AvgIpc) is 2.73. The molecule has 2 heterocycles. The van der Waals surface area contributed by atoms with Gasteiger partial charge in [-0.05, 0) is 41.6 Å². The molecule has 74 valence electrons. The van der Waals surface area contributed by atoms with Crippen molar-refractivity contribution < 1.29 is 9.52 Å². The zero-order valence-electron chi connectivity index (χ0n) is 7.53. The van der Waals surface area contributed by atoms with Crippen LogP contribution in [0.2, 0.25) is 5.22 Å². The van der Waals surface area contributed by atoms with Crippen LogP contribution in [0.3, 0.4) is 0 Å². The number of aliphatic hydroxyl groups is 1. The van der Waals surface area contributed by atoms with Gasteiger partial charge in [-0.2, -0.15) is 0 Å². The van der Waals surface area contributed by atoms with Crippen molar-refractivity contribution in [1.29, 1.82) is 0 Å². The van der Waals surface area contributed by atoms with E-state index in [1.807, 2.05) is 18.4 Å². The molecule has 0 fully saturated rings.